The summed E-state index contributed by atoms with van der Waals surface area (Å²) in [5.41, 5.74) is 5.46. The van der Waals surface area contributed by atoms with Gasteiger partial charge in [-0.25, -0.2) is 4.79 Å². The van der Waals surface area contributed by atoms with Gasteiger partial charge >= 0.3 is 5.97 Å². The Kier molecular flexibility index (Phi) is 2.01. The van der Waals surface area contributed by atoms with Crippen LogP contribution in [0.25, 0.3) is 5.57 Å². The molecule has 2 aliphatic rings. The van der Waals surface area contributed by atoms with Crippen LogP contribution >= 0.6 is 0 Å². The van der Waals surface area contributed by atoms with Crippen LogP contribution in [-0.4, -0.2) is 16.8 Å². The van der Waals surface area contributed by atoms with Gasteiger partial charge in [-0.2, -0.15) is 0 Å². The number of aliphatic carboxylic acids is 1. The monoisotopic (exact) mass is 225 g/mol. The molecule has 1 aromatic rings. The van der Waals surface area contributed by atoms with Gasteiger partial charge in [-0.3, -0.25) is 4.99 Å². The molecule has 0 saturated heterocycles. The molecule has 1 aliphatic heterocycles. The fourth-order valence-electron chi connectivity index (χ4n) is 2.33. The number of nitrogens with zero attached hydrogens (tertiary/aromatic N) is 1. The van der Waals surface area contributed by atoms with Gasteiger partial charge in [0.2, 0.25) is 0 Å². The predicted molar refractivity (Wildman–Crippen MR) is 66.6 cm³/mol. The highest BCUT2D eigenvalue weighted by Gasteiger charge is 2.25. The third kappa shape index (κ3) is 1.43. The number of carbonyl (C=O) groups is 1. The normalized spacial score (nSPS) is 16.6. The molecule has 0 spiro atoms. The molecule has 1 heterocycles. The molecule has 3 heteroatoms. The van der Waals surface area contributed by atoms with Gasteiger partial charge in [-0.1, -0.05) is 18.2 Å². The Hall–Kier alpha value is -2.16. The van der Waals surface area contributed by atoms with Crippen LogP contribution in [0.4, 0.5) is 5.69 Å². The number of fused-ring (bicyclic) bond motifs is 3. The van der Waals surface area contributed by atoms with E-state index in [4.69, 9.17) is 5.11 Å². The zero-order valence-electron chi connectivity index (χ0n) is 9.40. The van der Waals surface area contributed by atoms with Crippen molar-refractivity contribution >= 4 is 22.9 Å². The molecule has 0 aromatic heterocycles. The molecule has 0 radical (unpaired) electrons. The molecule has 0 saturated carbocycles. The van der Waals surface area contributed by atoms with Crippen molar-refractivity contribution in [1.29, 1.82) is 0 Å². The highest BCUT2D eigenvalue weighted by molar-refractivity contribution is 6.31. The van der Waals surface area contributed by atoms with Gasteiger partial charge in [0.1, 0.15) is 0 Å². The summed E-state index contributed by atoms with van der Waals surface area (Å²) in [6, 6.07) is 5.97. The van der Waals surface area contributed by atoms with Gasteiger partial charge in [0, 0.05) is 17.6 Å². The van der Waals surface area contributed by atoms with E-state index in [1.807, 2.05) is 25.1 Å². The lowest BCUT2D eigenvalue weighted by Gasteiger charge is -2.11. The number of aliphatic imine (C=N–C) groups is 1. The first-order chi connectivity index (χ1) is 8.16. The molecular formula is C14H11NO2. The van der Waals surface area contributed by atoms with E-state index in [0.29, 0.717) is 12.0 Å². The standard InChI is InChI=1S/C14H11NO2/c1-8-3-2-4-12-13(8)10-7-9(14(16)17)5-6-11(10)15-12/h2-5,7H,6H2,1H3,(H,16,17). The predicted octanol–water partition coefficient (Wildman–Crippen LogP) is 2.88. The molecule has 1 N–H and O–H groups in total. The minimum Gasteiger partial charge on any atom is -0.478 e. The van der Waals surface area contributed by atoms with E-state index in [-0.39, 0.29) is 0 Å². The fraction of sp³-hybridized carbons (Fsp3) is 0.143. The Bertz CT molecular complexity index is 621. The number of carboxylic acids is 1. The molecule has 3 rings (SSSR count). The Morgan fingerprint density at radius 2 is 2.24 bits per heavy atom. The highest BCUT2D eigenvalue weighted by Crippen LogP contribution is 2.40. The van der Waals surface area contributed by atoms with Crippen LogP contribution in [0, 0.1) is 6.92 Å². The molecule has 0 atom stereocenters. The lowest BCUT2D eigenvalue weighted by Crippen LogP contribution is -2.08. The summed E-state index contributed by atoms with van der Waals surface area (Å²) >= 11 is 0. The Morgan fingerprint density at radius 1 is 1.41 bits per heavy atom. The number of allylic oxidation sites excluding steroid dienone is 2. The van der Waals surface area contributed by atoms with E-state index in [1.165, 1.54) is 0 Å². The van der Waals surface area contributed by atoms with Crippen molar-refractivity contribution in [1.82, 2.24) is 0 Å². The van der Waals surface area contributed by atoms with Crippen molar-refractivity contribution in [3.63, 3.8) is 0 Å². The van der Waals surface area contributed by atoms with Crippen LogP contribution in [0.15, 0.2) is 40.9 Å². The second-order valence-electron chi connectivity index (χ2n) is 4.25. The van der Waals surface area contributed by atoms with Crippen LogP contribution < -0.4 is 0 Å². The number of carboxylic acid groups (broad SMARTS) is 1. The minimum atomic E-state index is -0.876. The first-order valence-electron chi connectivity index (χ1n) is 5.50. The van der Waals surface area contributed by atoms with Crippen molar-refractivity contribution in [2.75, 3.05) is 0 Å². The zero-order chi connectivity index (χ0) is 12.0. The molecule has 84 valence electrons. The summed E-state index contributed by atoms with van der Waals surface area (Å²) in [4.78, 5) is 15.5. The molecule has 0 bridgehead atoms. The summed E-state index contributed by atoms with van der Waals surface area (Å²) < 4.78 is 0. The number of benzene rings is 1. The first kappa shape index (κ1) is 10.0. The lowest BCUT2D eigenvalue weighted by atomic mass is 9.91. The van der Waals surface area contributed by atoms with E-state index in [9.17, 15) is 4.79 Å². The average molecular weight is 225 g/mol. The molecular weight excluding hydrogens is 214 g/mol. The van der Waals surface area contributed by atoms with Gasteiger partial charge in [0.25, 0.3) is 0 Å². The maximum atomic E-state index is 11.0. The maximum absolute atomic E-state index is 11.0. The minimum absolute atomic E-state index is 0.357. The second kappa shape index (κ2) is 3.42. The Balaban J connectivity index is 2.18. The van der Waals surface area contributed by atoms with Crippen LogP contribution in [0.1, 0.15) is 17.5 Å². The zero-order valence-corrected chi connectivity index (χ0v) is 9.40. The van der Waals surface area contributed by atoms with Gasteiger partial charge in [-0.15, -0.1) is 0 Å². The summed E-state index contributed by atoms with van der Waals surface area (Å²) in [7, 11) is 0. The Morgan fingerprint density at radius 3 is 3.00 bits per heavy atom. The molecule has 17 heavy (non-hydrogen) atoms. The molecule has 0 fully saturated rings. The van der Waals surface area contributed by atoms with Gasteiger partial charge in [0.15, 0.2) is 0 Å². The van der Waals surface area contributed by atoms with Gasteiger partial charge in [0.05, 0.1) is 17.0 Å². The molecule has 1 aliphatic carbocycles. The lowest BCUT2D eigenvalue weighted by molar-refractivity contribution is -0.132. The topological polar surface area (TPSA) is 49.7 Å². The smallest absolute Gasteiger partial charge is 0.335 e. The van der Waals surface area contributed by atoms with E-state index >= 15 is 0 Å². The van der Waals surface area contributed by atoms with Crippen molar-refractivity contribution in [2.45, 2.75) is 13.3 Å². The van der Waals surface area contributed by atoms with E-state index < -0.39 is 5.97 Å². The third-order valence-electron chi connectivity index (χ3n) is 3.15. The van der Waals surface area contributed by atoms with Crippen molar-refractivity contribution < 1.29 is 9.90 Å². The third-order valence-corrected chi connectivity index (χ3v) is 3.15. The number of aryl methyl sites for hydroxylation is 1. The molecule has 1 aromatic carbocycles. The van der Waals surface area contributed by atoms with Crippen LogP contribution in [0.2, 0.25) is 0 Å². The Labute approximate surface area is 98.8 Å². The van der Waals surface area contributed by atoms with Gasteiger partial charge < -0.3 is 5.11 Å². The molecule has 0 amide bonds. The number of hydrogen-bond donors (Lipinski definition) is 1. The number of rotatable bonds is 1. The number of hydrogen-bond acceptors (Lipinski definition) is 2. The second-order valence-corrected chi connectivity index (χ2v) is 4.25. The van der Waals surface area contributed by atoms with Crippen LogP contribution in [0.5, 0.6) is 0 Å². The van der Waals surface area contributed by atoms with Crippen molar-refractivity contribution in [3.05, 3.63) is 47.1 Å². The van der Waals surface area contributed by atoms with Crippen molar-refractivity contribution in [3.8, 4) is 0 Å². The molecule has 0 unspecified atom stereocenters. The largest absolute Gasteiger partial charge is 0.478 e. The van der Waals surface area contributed by atoms with Crippen LogP contribution in [0.3, 0.4) is 0 Å². The SMILES string of the molecule is Cc1cccc2c1C1=CC(C(=O)O)=CCC1=N2. The fourth-order valence-corrected chi connectivity index (χ4v) is 2.33. The maximum Gasteiger partial charge on any atom is 0.335 e. The first-order valence-corrected chi connectivity index (χ1v) is 5.50. The van der Waals surface area contributed by atoms with E-state index in [0.717, 1.165) is 28.1 Å². The summed E-state index contributed by atoms with van der Waals surface area (Å²) in [6.07, 6.45) is 4.04. The van der Waals surface area contributed by atoms with E-state index in [1.54, 1.807) is 12.2 Å². The average Bonchev–Trinajstić information content (AvgIpc) is 2.67. The summed E-state index contributed by atoms with van der Waals surface area (Å²) in [6.45, 7) is 2.02. The van der Waals surface area contributed by atoms with E-state index in [2.05, 4.69) is 4.99 Å². The van der Waals surface area contributed by atoms with Crippen molar-refractivity contribution in [2.24, 2.45) is 4.99 Å². The summed E-state index contributed by atoms with van der Waals surface area (Å²) in [5.74, 6) is -0.876. The highest BCUT2D eigenvalue weighted by atomic mass is 16.4. The van der Waals surface area contributed by atoms with Crippen LogP contribution in [-0.2, 0) is 4.79 Å². The summed E-state index contributed by atoms with van der Waals surface area (Å²) in [5, 5.41) is 9.02. The molecule has 3 nitrogen and oxygen atoms in total. The van der Waals surface area contributed by atoms with Gasteiger partial charge in [-0.05, 0) is 24.6 Å². The quantitative estimate of drug-likeness (QED) is 0.798.